The van der Waals surface area contributed by atoms with Gasteiger partial charge in [-0.25, -0.2) is 0 Å². The Bertz CT molecular complexity index is 2170. The molecule has 2 unspecified atom stereocenters. The van der Waals surface area contributed by atoms with Crippen LogP contribution in [0, 0.1) is 36.5 Å². The van der Waals surface area contributed by atoms with Crippen molar-refractivity contribution in [3.63, 3.8) is 0 Å². The SMILES string of the molecule is CCCOCCOC(CN(CC(OCCOCCOCC[N+](C)(C)CCCS(=O)(=O)O)c1ccccc1)c1ccc(/N=N/c2sc(C#N)c(C)c2C#N)c(C)c1)c1ccccc1. The number of aryl methyl sites for hydroxylation is 1. The molecule has 1 aromatic heterocycles. The van der Waals surface area contributed by atoms with E-state index in [-0.39, 0.29) is 18.0 Å². The van der Waals surface area contributed by atoms with E-state index in [0.29, 0.717) is 117 Å². The van der Waals surface area contributed by atoms with Crippen molar-refractivity contribution in [2.45, 2.75) is 45.8 Å². The number of nitriles is 2. The molecule has 1 N–H and O–H groups in total. The van der Waals surface area contributed by atoms with Gasteiger partial charge in [-0.3, -0.25) is 4.55 Å². The Balaban J connectivity index is 1.49. The largest absolute Gasteiger partial charge is 0.379 e. The maximum Gasteiger partial charge on any atom is 0.265 e. The summed E-state index contributed by atoms with van der Waals surface area (Å²) in [4.78, 5) is 2.71. The minimum atomic E-state index is -3.96. The summed E-state index contributed by atoms with van der Waals surface area (Å²) in [6.07, 6.45) is 0.686. The molecule has 14 nitrogen and oxygen atoms in total. The van der Waals surface area contributed by atoms with Crippen molar-refractivity contribution in [1.29, 1.82) is 10.5 Å². The van der Waals surface area contributed by atoms with Gasteiger partial charge < -0.3 is 33.1 Å². The molecule has 0 bridgehead atoms. The highest BCUT2D eigenvalue weighted by Crippen LogP contribution is 2.36. The summed E-state index contributed by atoms with van der Waals surface area (Å²) in [7, 11) is 0.0382. The van der Waals surface area contributed by atoms with E-state index in [9.17, 15) is 18.9 Å². The Hall–Kier alpha value is -4.59. The summed E-state index contributed by atoms with van der Waals surface area (Å²) >= 11 is 1.16. The summed E-state index contributed by atoms with van der Waals surface area (Å²) in [6.45, 7) is 11.7. The molecule has 0 fully saturated rings. The molecule has 0 spiro atoms. The quantitative estimate of drug-likeness (QED) is 0.0239. The Morgan fingerprint density at radius 2 is 1.32 bits per heavy atom. The smallest absolute Gasteiger partial charge is 0.265 e. The molecule has 2 atom stereocenters. The third-order valence-electron chi connectivity index (χ3n) is 10.1. The van der Waals surface area contributed by atoms with Crippen LogP contribution in [-0.2, 0) is 33.8 Å². The second kappa shape index (κ2) is 26.1. The van der Waals surface area contributed by atoms with Crippen LogP contribution in [0.25, 0.3) is 0 Å². The third kappa shape index (κ3) is 17.3. The molecule has 334 valence electrons. The van der Waals surface area contributed by atoms with Gasteiger partial charge in [-0.15, -0.1) is 21.6 Å². The van der Waals surface area contributed by atoms with E-state index in [0.717, 1.165) is 40.1 Å². The van der Waals surface area contributed by atoms with Crippen LogP contribution >= 0.6 is 11.3 Å². The molecule has 4 rings (SSSR count). The number of thiophene rings is 1. The second-order valence-corrected chi connectivity index (χ2v) is 18.0. The first-order valence-electron chi connectivity index (χ1n) is 20.9. The number of quaternary nitrogens is 1. The zero-order chi connectivity index (χ0) is 44.8. The average molecular weight is 890 g/mol. The molecular formula is C46H61N6O8S2+. The third-order valence-corrected chi connectivity index (χ3v) is 12.0. The highest BCUT2D eigenvalue weighted by Gasteiger charge is 2.24. The van der Waals surface area contributed by atoms with Crippen molar-refractivity contribution in [1.82, 2.24) is 0 Å². The lowest BCUT2D eigenvalue weighted by atomic mass is 10.1. The monoisotopic (exact) mass is 889 g/mol. The first-order chi connectivity index (χ1) is 29.8. The number of rotatable bonds is 29. The molecule has 16 heteroatoms. The summed E-state index contributed by atoms with van der Waals surface area (Å²) in [6, 6.07) is 30.5. The number of nitrogens with zero attached hydrogens (tertiary/aromatic N) is 6. The maximum absolute atomic E-state index is 11.1. The second-order valence-electron chi connectivity index (χ2n) is 15.4. The lowest BCUT2D eigenvalue weighted by Crippen LogP contribution is -2.43. The summed E-state index contributed by atoms with van der Waals surface area (Å²) < 4.78 is 62.3. The van der Waals surface area contributed by atoms with Gasteiger partial charge in [0.25, 0.3) is 10.1 Å². The fourth-order valence-corrected chi connectivity index (χ4v) is 7.92. The molecular weight excluding hydrogens is 829 g/mol. The lowest BCUT2D eigenvalue weighted by Gasteiger charge is -2.33. The van der Waals surface area contributed by atoms with Gasteiger partial charge in [-0.05, 0) is 60.7 Å². The van der Waals surface area contributed by atoms with Crippen LogP contribution in [0.1, 0.15) is 64.7 Å². The number of hydrogen-bond donors (Lipinski definition) is 1. The minimum absolute atomic E-state index is 0.248. The Labute approximate surface area is 371 Å². The van der Waals surface area contributed by atoms with E-state index in [4.69, 9.17) is 28.2 Å². The van der Waals surface area contributed by atoms with Crippen LogP contribution < -0.4 is 4.90 Å². The van der Waals surface area contributed by atoms with Crippen molar-refractivity contribution < 1.29 is 41.1 Å². The fraction of sp³-hybridized carbons (Fsp3) is 0.478. The van der Waals surface area contributed by atoms with Crippen LogP contribution in [0.3, 0.4) is 0 Å². The van der Waals surface area contributed by atoms with Gasteiger partial charge in [0.2, 0.25) is 0 Å². The van der Waals surface area contributed by atoms with Crippen LogP contribution in [0.5, 0.6) is 0 Å². The van der Waals surface area contributed by atoms with Gasteiger partial charge in [0.15, 0.2) is 5.00 Å². The number of benzene rings is 3. The standard InChI is InChI=1S/C46H60N6O8S2/c1-6-22-56-26-28-59-43(38-14-9-7-10-15-38)34-51(40-18-19-42(36(2)31-40)49-50-46-41(32-47)37(3)45(33-48)61-46)35-44(39-16-11-8-12-17-39)60-29-27-58-25-24-57-23-21-52(4,5)20-13-30-62(53,54)55/h7-12,14-19,31,43-44H,6,13,20-30,34-35H2,1-5H3/p+1/b50-49+. The molecule has 0 aliphatic carbocycles. The van der Waals surface area contributed by atoms with Crippen molar-refractivity contribution in [3.05, 3.63) is 112 Å². The zero-order valence-corrected chi connectivity index (χ0v) is 38.2. The van der Waals surface area contributed by atoms with Crippen molar-refractivity contribution >= 4 is 37.8 Å². The molecule has 0 saturated carbocycles. The van der Waals surface area contributed by atoms with Gasteiger partial charge in [0, 0.05) is 31.8 Å². The molecule has 0 amide bonds. The van der Waals surface area contributed by atoms with E-state index >= 15 is 0 Å². The zero-order valence-electron chi connectivity index (χ0n) is 36.6. The van der Waals surface area contributed by atoms with Crippen LogP contribution in [-0.4, -0.2) is 116 Å². The van der Waals surface area contributed by atoms with Crippen molar-refractivity contribution in [3.8, 4) is 12.1 Å². The van der Waals surface area contributed by atoms with Gasteiger partial charge >= 0.3 is 0 Å². The summed E-state index contributed by atoms with van der Waals surface area (Å²) in [5, 5.41) is 28.5. The van der Waals surface area contributed by atoms with E-state index < -0.39 is 10.1 Å². The van der Waals surface area contributed by atoms with Crippen LogP contribution in [0.4, 0.5) is 16.4 Å². The van der Waals surface area contributed by atoms with Gasteiger partial charge in [-0.1, -0.05) is 67.6 Å². The molecule has 0 saturated heterocycles. The first kappa shape index (κ1) is 50.1. The predicted octanol–water partition coefficient (Wildman–Crippen LogP) is 8.66. The lowest BCUT2D eigenvalue weighted by molar-refractivity contribution is -0.890. The number of azo groups is 1. The highest BCUT2D eigenvalue weighted by atomic mass is 32.2. The molecule has 0 radical (unpaired) electrons. The Morgan fingerprint density at radius 1 is 0.758 bits per heavy atom. The number of anilines is 1. The maximum atomic E-state index is 11.1. The number of ether oxygens (including phenoxy) is 5. The van der Waals surface area contributed by atoms with E-state index in [1.54, 1.807) is 6.92 Å². The molecule has 62 heavy (non-hydrogen) atoms. The van der Waals surface area contributed by atoms with Crippen LogP contribution in [0.2, 0.25) is 0 Å². The highest BCUT2D eigenvalue weighted by molar-refractivity contribution is 7.85. The molecule has 4 aromatic rings. The Kier molecular flexibility index (Phi) is 21.1. The fourth-order valence-electron chi connectivity index (χ4n) is 6.55. The summed E-state index contributed by atoms with van der Waals surface area (Å²) in [5.41, 5.74) is 5.48. The topological polar surface area (TPSA) is 176 Å². The molecule has 3 aromatic carbocycles. The van der Waals surface area contributed by atoms with Gasteiger partial charge in [-0.2, -0.15) is 18.9 Å². The van der Waals surface area contributed by atoms with Gasteiger partial charge in [0.1, 0.15) is 35.8 Å². The van der Waals surface area contributed by atoms with Crippen LogP contribution in [0.15, 0.2) is 89.1 Å². The minimum Gasteiger partial charge on any atom is -0.379 e. The first-order valence-corrected chi connectivity index (χ1v) is 23.3. The van der Waals surface area contributed by atoms with E-state index in [1.165, 1.54) is 0 Å². The molecule has 0 aliphatic rings. The van der Waals surface area contributed by atoms with Gasteiger partial charge in [0.05, 0.1) is 83.9 Å². The van der Waals surface area contributed by atoms with E-state index in [1.807, 2.05) is 69.6 Å². The van der Waals surface area contributed by atoms with Crippen molar-refractivity contribution in [2.75, 3.05) is 104 Å². The normalized spacial score (nSPS) is 12.9. The van der Waals surface area contributed by atoms with Crippen molar-refractivity contribution in [2.24, 2.45) is 10.2 Å². The summed E-state index contributed by atoms with van der Waals surface area (Å²) in [5.74, 6) is -0.248. The average Bonchev–Trinajstić information content (AvgIpc) is 3.57. The number of likely N-dealkylation sites (N-methyl/N-ethyl adjacent to an activating group) is 1. The number of hydrogen-bond acceptors (Lipinski definition) is 13. The predicted molar refractivity (Wildman–Crippen MR) is 242 cm³/mol. The molecule has 0 aliphatic heterocycles. The molecule has 1 heterocycles. The van der Waals surface area contributed by atoms with E-state index in [2.05, 4.69) is 64.5 Å². The Morgan fingerprint density at radius 3 is 1.85 bits per heavy atom.